The van der Waals surface area contributed by atoms with Crippen molar-refractivity contribution in [1.29, 1.82) is 15.8 Å². The molecule has 0 saturated heterocycles. The van der Waals surface area contributed by atoms with Gasteiger partial charge in [0.05, 0.1) is 18.1 Å². The molecule has 1 atom stereocenters. The third-order valence-electron chi connectivity index (χ3n) is 13.4. The molecule has 0 spiro atoms. The van der Waals surface area contributed by atoms with Crippen LogP contribution < -0.4 is 4.90 Å². The van der Waals surface area contributed by atoms with Gasteiger partial charge in [0.15, 0.2) is 28.0 Å². The Morgan fingerprint density at radius 2 is 1.37 bits per heavy atom. The molecule has 7 nitrogen and oxygen atoms in total. The number of hydrogen-bond donors (Lipinski definition) is 0. The van der Waals surface area contributed by atoms with Crippen LogP contribution in [0.1, 0.15) is 78.7 Å². The second kappa shape index (κ2) is 20.6. The van der Waals surface area contributed by atoms with Gasteiger partial charge in [-0.3, -0.25) is 0 Å². The summed E-state index contributed by atoms with van der Waals surface area (Å²) in [6.07, 6.45) is 7.06. The SMILES string of the molecule is CC1(C)CC(/C=C/c2ccc(N(CCO[Si](C)(C)C(C)(C)C)CCO[Si](C)(C)C(C)(C)C)cc2)=CC(=C/C=C/C2=C(C#N)C(=C(C#N)C#N)OC2(c2ccc(-c3ccccc3)s2)C(F)(F)F)/C1. The van der Waals surface area contributed by atoms with Gasteiger partial charge < -0.3 is 18.5 Å². The van der Waals surface area contributed by atoms with Gasteiger partial charge in [-0.25, -0.2) is 0 Å². The van der Waals surface area contributed by atoms with Gasteiger partial charge >= 0.3 is 6.18 Å². The van der Waals surface area contributed by atoms with Gasteiger partial charge in [0, 0.05) is 29.2 Å². The number of nitrogens with zero attached hydrogens (tertiary/aromatic N) is 4. The van der Waals surface area contributed by atoms with Crippen LogP contribution >= 0.6 is 11.3 Å². The first-order valence-electron chi connectivity index (χ1n) is 22.7. The number of hydrogen-bond acceptors (Lipinski definition) is 8. The van der Waals surface area contributed by atoms with E-state index < -0.39 is 50.9 Å². The predicted octanol–water partition coefficient (Wildman–Crippen LogP) is 15.1. The molecular formula is C54H65F3N4O3SSi2. The summed E-state index contributed by atoms with van der Waals surface area (Å²) >= 11 is 0.877. The molecule has 1 unspecified atom stereocenters. The fourth-order valence-electron chi connectivity index (χ4n) is 7.60. The van der Waals surface area contributed by atoms with Crippen LogP contribution in [0.4, 0.5) is 18.9 Å². The molecule has 1 aromatic heterocycles. The van der Waals surface area contributed by atoms with Crippen molar-refractivity contribution in [2.24, 2.45) is 5.41 Å². The highest BCUT2D eigenvalue weighted by molar-refractivity contribution is 7.15. The zero-order chi connectivity index (χ0) is 49.6. The number of alkyl halides is 3. The lowest BCUT2D eigenvalue weighted by Gasteiger charge is -2.38. The van der Waals surface area contributed by atoms with Crippen LogP contribution in [0.15, 0.2) is 131 Å². The Morgan fingerprint density at radius 1 is 0.791 bits per heavy atom. The van der Waals surface area contributed by atoms with E-state index in [2.05, 4.69) is 129 Å². The summed E-state index contributed by atoms with van der Waals surface area (Å²) in [5.74, 6) is -0.690. The molecule has 2 aromatic carbocycles. The number of allylic oxidation sites excluding steroid dienone is 8. The maximum atomic E-state index is 15.7. The van der Waals surface area contributed by atoms with Crippen molar-refractivity contribution in [3.05, 3.63) is 141 Å². The molecule has 0 N–H and O–H groups in total. The maximum absolute atomic E-state index is 15.7. The third-order valence-corrected chi connectivity index (χ3v) is 23.7. The highest BCUT2D eigenvalue weighted by atomic mass is 32.1. The summed E-state index contributed by atoms with van der Waals surface area (Å²) in [4.78, 5) is 2.67. The minimum Gasteiger partial charge on any atom is -0.464 e. The first-order valence-corrected chi connectivity index (χ1v) is 29.3. The number of benzene rings is 2. The fourth-order valence-corrected chi connectivity index (χ4v) is 10.8. The van der Waals surface area contributed by atoms with Crippen molar-refractivity contribution in [3.63, 3.8) is 0 Å². The Balaban J connectivity index is 1.44. The molecule has 67 heavy (non-hydrogen) atoms. The monoisotopic (exact) mass is 962 g/mol. The molecule has 0 saturated carbocycles. The van der Waals surface area contributed by atoms with Crippen LogP contribution in [0.5, 0.6) is 0 Å². The molecule has 2 heterocycles. The van der Waals surface area contributed by atoms with Crippen molar-refractivity contribution in [3.8, 4) is 28.6 Å². The van der Waals surface area contributed by atoms with Gasteiger partial charge in [-0.05, 0) is 101 Å². The third kappa shape index (κ3) is 12.3. The first kappa shape index (κ1) is 52.8. The molecule has 5 rings (SSSR count). The highest BCUT2D eigenvalue weighted by Gasteiger charge is 2.66. The molecule has 0 fully saturated rings. The van der Waals surface area contributed by atoms with Crippen LogP contribution in [0.2, 0.25) is 36.3 Å². The summed E-state index contributed by atoms with van der Waals surface area (Å²) < 4.78 is 65.9. The summed E-state index contributed by atoms with van der Waals surface area (Å²) in [5, 5.41) is 30.0. The van der Waals surface area contributed by atoms with Crippen molar-refractivity contribution in [1.82, 2.24) is 0 Å². The lowest BCUT2D eigenvalue weighted by atomic mass is 9.75. The molecule has 13 heteroatoms. The molecule has 354 valence electrons. The van der Waals surface area contributed by atoms with Crippen molar-refractivity contribution >= 4 is 39.7 Å². The van der Waals surface area contributed by atoms with E-state index >= 15 is 13.2 Å². The van der Waals surface area contributed by atoms with Crippen molar-refractivity contribution in [2.75, 3.05) is 31.2 Å². The normalized spacial score (nSPS) is 18.8. The van der Waals surface area contributed by atoms with Crippen LogP contribution in [-0.2, 0) is 19.2 Å². The largest absolute Gasteiger partial charge is 0.464 e. The summed E-state index contributed by atoms with van der Waals surface area (Å²) in [6.45, 7) is 29.7. The van der Waals surface area contributed by atoms with E-state index in [1.165, 1.54) is 18.2 Å². The zero-order valence-electron chi connectivity index (χ0n) is 41.1. The number of anilines is 1. The minimum atomic E-state index is -5.09. The van der Waals surface area contributed by atoms with Gasteiger partial charge in [-0.2, -0.15) is 29.0 Å². The van der Waals surface area contributed by atoms with E-state index in [1.807, 2.05) is 12.1 Å². The van der Waals surface area contributed by atoms with E-state index in [9.17, 15) is 15.8 Å². The van der Waals surface area contributed by atoms with Crippen LogP contribution in [0, 0.1) is 39.4 Å². The molecule has 2 aliphatic rings. The Bertz CT molecular complexity index is 2540. The molecular weight excluding hydrogens is 898 g/mol. The Hall–Kier alpha value is -5.21. The number of ether oxygens (including phenoxy) is 1. The van der Waals surface area contributed by atoms with E-state index in [-0.39, 0.29) is 20.4 Å². The first-order chi connectivity index (χ1) is 31.2. The number of rotatable bonds is 15. The van der Waals surface area contributed by atoms with Gasteiger partial charge in [0.25, 0.3) is 5.60 Å². The molecule has 1 aliphatic carbocycles. The van der Waals surface area contributed by atoms with Crippen LogP contribution in [0.25, 0.3) is 16.5 Å². The fraction of sp³-hybridized carbons (Fsp3) is 0.426. The Kier molecular flexibility index (Phi) is 16.2. The smallest absolute Gasteiger partial charge is 0.438 e. The maximum Gasteiger partial charge on any atom is 0.438 e. The predicted molar refractivity (Wildman–Crippen MR) is 272 cm³/mol. The molecule has 0 amide bonds. The zero-order valence-corrected chi connectivity index (χ0v) is 43.9. The summed E-state index contributed by atoms with van der Waals surface area (Å²) in [5.41, 5.74) is -0.249. The lowest BCUT2D eigenvalue weighted by molar-refractivity contribution is -0.247. The second-order valence-corrected chi connectivity index (χ2v) is 31.8. The van der Waals surface area contributed by atoms with Gasteiger partial charge in [0.2, 0.25) is 0 Å². The highest BCUT2D eigenvalue weighted by Crippen LogP contribution is 2.58. The van der Waals surface area contributed by atoms with E-state index in [0.717, 1.165) is 53.2 Å². The van der Waals surface area contributed by atoms with Crippen LogP contribution in [0.3, 0.4) is 0 Å². The van der Waals surface area contributed by atoms with Gasteiger partial charge in [-0.1, -0.05) is 134 Å². The van der Waals surface area contributed by atoms with Gasteiger partial charge in [0.1, 0.15) is 23.8 Å². The summed E-state index contributed by atoms with van der Waals surface area (Å²) in [7, 11) is -3.85. The van der Waals surface area contributed by atoms with Gasteiger partial charge in [-0.15, -0.1) is 11.3 Å². The topological polar surface area (TPSA) is 102 Å². The molecule has 1 aliphatic heterocycles. The summed E-state index contributed by atoms with van der Waals surface area (Å²) in [6, 6.07) is 25.4. The standard InChI is InChI=1S/C54H65F3N4O3SSi2/c1-50(2,3)66(9,10)62-31-29-61(30-32-63-67(11,12)51(4,5)6)44-25-23-39(24-26-44)21-22-41-33-40(34-52(7,8)35-41)17-16-20-46-45(38-60)49(43(36-58)37-59)64-53(46,54(55,56)57)48-28-27-47(65-48)42-18-14-13-15-19-42/h13-28,33H,29-32,34-35H2,1-12H3/b20-16+,22-21+,40-17-. The second-order valence-electron chi connectivity index (χ2n) is 21.1. The quantitative estimate of drug-likeness (QED) is 0.110. The molecule has 0 radical (unpaired) electrons. The van der Waals surface area contributed by atoms with E-state index in [1.54, 1.807) is 48.5 Å². The number of thiophene rings is 1. The average molecular weight is 963 g/mol. The lowest BCUT2D eigenvalue weighted by Crippen LogP contribution is -2.44. The average Bonchev–Trinajstić information content (AvgIpc) is 3.86. The number of halogens is 3. The van der Waals surface area contributed by atoms with E-state index in [0.29, 0.717) is 30.1 Å². The molecule has 3 aromatic rings. The number of nitriles is 3. The van der Waals surface area contributed by atoms with Crippen molar-refractivity contribution < 1.29 is 26.8 Å². The Morgan fingerprint density at radius 3 is 1.90 bits per heavy atom. The Labute approximate surface area is 403 Å². The molecule has 0 bridgehead atoms. The van der Waals surface area contributed by atoms with E-state index in [4.69, 9.17) is 13.6 Å². The van der Waals surface area contributed by atoms with Crippen LogP contribution in [-0.4, -0.2) is 49.1 Å². The van der Waals surface area contributed by atoms with Crippen molar-refractivity contribution in [2.45, 2.75) is 116 Å². The minimum absolute atomic E-state index is 0.117.